The number of nitrogens with zero attached hydrogens (tertiary/aromatic N) is 2. The number of hydrogen-bond acceptors (Lipinski definition) is 5. The Balaban J connectivity index is 1.94. The molecule has 0 bridgehead atoms. The van der Waals surface area contributed by atoms with Crippen LogP contribution in [0, 0.1) is 10.1 Å². The van der Waals surface area contributed by atoms with Crippen molar-refractivity contribution in [3.8, 4) is 0 Å². The van der Waals surface area contributed by atoms with Crippen molar-refractivity contribution in [1.29, 1.82) is 0 Å². The van der Waals surface area contributed by atoms with E-state index in [1.54, 1.807) is 18.2 Å². The van der Waals surface area contributed by atoms with Gasteiger partial charge >= 0.3 is 6.18 Å². The van der Waals surface area contributed by atoms with Crippen molar-refractivity contribution in [2.24, 2.45) is 0 Å². The smallest absolute Gasteiger partial charge is 0.416 e. The number of nitro groups is 1. The summed E-state index contributed by atoms with van der Waals surface area (Å²) in [5.41, 5.74) is -1.44. The van der Waals surface area contributed by atoms with Crippen molar-refractivity contribution >= 4 is 28.8 Å². The minimum absolute atomic E-state index is 0.194. The summed E-state index contributed by atoms with van der Waals surface area (Å²) in [5, 5.41) is 22.0. The average Bonchev–Trinajstić information content (AvgIpc) is 3.09. The van der Waals surface area contributed by atoms with Gasteiger partial charge in [-0.2, -0.15) is 13.2 Å². The number of rotatable bonds is 4. The molecular weight excluding hydrogens is 453 g/mol. The van der Waals surface area contributed by atoms with Crippen LogP contribution in [0.25, 0.3) is 5.76 Å². The van der Waals surface area contributed by atoms with Crippen LogP contribution in [0.4, 0.5) is 24.5 Å². The Morgan fingerprint density at radius 1 is 0.941 bits per heavy atom. The number of non-ortho nitro benzene ring substituents is 1. The summed E-state index contributed by atoms with van der Waals surface area (Å²) in [6.45, 7) is 0. The highest BCUT2D eigenvalue weighted by Crippen LogP contribution is 2.43. The standard InChI is InChI=1S/C24H15F3N2O5/c25-24(26,27)16-7-4-8-18(13-16)28-20(14-9-11-17(12-10-14)29(33)34)19(22(31)23(28)32)21(30)15-5-2-1-3-6-15/h1-13,20,30H/b21-19-. The van der Waals surface area contributed by atoms with E-state index in [9.17, 15) is 38.0 Å². The number of ketones is 1. The van der Waals surface area contributed by atoms with E-state index in [4.69, 9.17) is 0 Å². The maximum atomic E-state index is 13.3. The molecule has 10 heteroatoms. The molecule has 7 nitrogen and oxygen atoms in total. The number of hydrogen-bond donors (Lipinski definition) is 1. The molecule has 1 aliphatic heterocycles. The number of benzene rings is 3. The number of alkyl halides is 3. The fraction of sp³-hybridized carbons (Fsp3) is 0.0833. The average molecular weight is 468 g/mol. The summed E-state index contributed by atoms with van der Waals surface area (Å²) in [4.78, 5) is 37.3. The number of anilines is 1. The second-order valence-electron chi connectivity index (χ2n) is 7.43. The van der Waals surface area contributed by atoms with Crippen LogP contribution in [0.15, 0.2) is 84.4 Å². The first-order valence-corrected chi connectivity index (χ1v) is 9.87. The lowest BCUT2D eigenvalue weighted by atomic mass is 9.95. The molecule has 1 amide bonds. The lowest BCUT2D eigenvalue weighted by molar-refractivity contribution is -0.384. The highest BCUT2D eigenvalue weighted by atomic mass is 19.4. The molecule has 1 fully saturated rings. The lowest BCUT2D eigenvalue weighted by Crippen LogP contribution is -2.29. The van der Waals surface area contributed by atoms with Crippen LogP contribution >= 0.6 is 0 Å². The van der Waals surface area contributed by atoms with E-state index in [-0.39, 0.29) is 28.1 Å². The van der Waals surface area contributed by atoms with Gasteiger partial charge in [-0.3, -0.25) is 24.6 Å². The van der Waals surface area contributed by atoms with E-state index < -0.39 is 40.2 Å². The second-order valence-corrected chi connectivity index (χ2v) is 7.43. The van der Waals surface area contributed by atoms with Crippen LogP contribution in [-0.2, 0) is 15.8 Å². The first-order valence-electron chi connectivity index (χ1n) is 9.87. The van der Waals surface area contributed by atoms with Gasteiger partial charge in [0, 0.05) is 23.4 Å². The number of carbonyl (C=O) groups is 2. The van der Waals surface area contributed by atoms with Crippen molar-refractivity contribution in [3.63, 3.8) is 0 Å². The minimum atomic E-state index is -4.70. The Bertz CT molecular complexity index is 1320. The Morgan fingerprint density at radius 3 is 2.18 bits per heavy atom. The molecule has 1 atom stereocenters. The second kappa shape index (κ2) is 8.47. The summed E-state index contributed by atoms with van der Waals surface area (Å²) in [5.74, 6) is -2.75. The SMILES string of the molecule is O=C1C(=O)N(c2cccc(C(F)(F)F)c2)C(c2ccc([N+](=O)[O-])cc2)/C1=C(/O)c1ccccc1. The van der Waals surface area contributed by atoms with Gasteiger partial charge < -0.3 is 5.11 Å². The molecule has 34 heavy (non-hydrogen) atoms. The maximum absolute atomic E-state index is 13.3. The number of amides is 1. The number of halogens is 3. The van der Waals surface area contributed by atoms with Gasteiger partial charge in [-0.05, 0) is 35.9 Å². The summed E-state index contributed by atoms with van der Waals surface area (Å²) in [7, 11) is 0. The third-order valence-corrected chi connectivity index (χ3v) is 5.36. The third-order valence-electron chi connectivity index (χ3n) is 5.36. The molecule has 0 radical (unpaired) electrons. The molecule has 1 N–H and O–H groups in total. The molecule has 0 aliphatic carbocycles. The fourth-order valence-corrected chi connectivity index (χ4v) is 3.78. The topological polar surface area (TPSA) is 101 Å². The molecule has 1 unspecified atom stereocenters. The monoisotopic (exact) mass is 468 g/mol. The Kier molecular flexibility index (Phi) is 5.66. The molecule has 4 rings (SSSR count). The largest absolute Gasteiger partial charge is 0.507 e. The number of carbonyl (C=O) groups excluding carboxylic acids is 2. The molecular formula is C24H15F3N2O5. The Morgan fingerprint density at radius 2 is 1.59 bits per heavy atom. The minimum Gasteiger partial charge on any atom is -0.507 e. The van der Waals surface area contributed by atoms with Gasteiger partial charge in [0.05, 0.1) is 22.1 Å². The van der Waals surface area contributed by atoms with Crippen molar-refractivity contribution in [3.05, 3.63) is 111 Å². The molecule has 1 saturated heterocycles. The molecule has 3 aromatic rings. The number of aliphatic hydroxyl groups excluding tert-OH is 1. The first kappa shape index (κ1) is 22.7. The van der Waals surface area contributed by atoms with Crippen LogP contribution < -0.4 is 4.90 Å². The highest BCUT2D eigenvalue weighted by Gasteiger charge is 2.47. The summed E-state index contributed by atoms with van der Waals surface area (Å²) < 4.78 is 39.9. The van der Waals surface area contributed by atoms with Gasteiger partial charge in [0.2, 0.25) is 0 Å². The van der Waals surface area contributed by atoms with E-state index in [0.717, 1.165) is 35.2 Å². The van der Waals surface area contributed by atoms with Crippen molar-refractivity contribution in [2.75, 3.05) is 4.90 Å². The molecule has 172 valence electrons. The molecule has 0 saturated carbocycles. The zero-order chi connectivity index (χ0) is 24.6. The van der Waals surface area contributed by atoms with Gasteiger partial charge in [-0.1, -0.05) is 36.4 Å². The first-order chi connectivity index (χ1) is 16.1. The van der Waals surface area contributed by atoms with Gasteiger partial charge in [-0.25, -0.2) is 0 Å². The molecule has 0 spiro atoms. The van der Waals surface area contributed by atoms with Crippen molar-refractivity contribution < 1.29 is 32.8 Å². The zero-order valence-electron chi connectivity index (χ0n) is 17.2. The van der Waals surface area contributed by atoms with E-state index >= 15 is 0 Å². The van der Waals surface area contributed by atoms with Crippen LogP contribution in [0.1, 0.15) is 22.7 Å². The lowest BCUT2D eigenvalue weighted by Gasteiger charge is -2.26. The number of aliphatic hydroxyl groups is 1. The Hall–Kier alpha value is -4.47. The van der Waals surface area contributed by atoms with E-state index in [1.165, 1.54) is 30.3 Å². The van der Waals surface area contributed by atoms with Gasteiger partial charge in [0.25, 0.3) is 17.4 Å². The maximum Gasteiger partial charge on any atom is 0.416 e. The summed E-state index contributed by atoms with van der Waals surface area (Å²) >= 11 is 0. The molecule has 1 heterocycles. The Labute approximate surface area is 190 Å². The van der Waals surface area contributed by atoms with Gasteiger partial charge in [-0.15, -0.1) is 0 Å². The van der Waals surface area contributed by atoms with Crippen LogP contribution in [0.2, 0.25) is 0 Å². The predicted molar refractivity (Wildman–Crippen MR) is 116 cm³/mol. The van der Waals surface area contributed by atoms with Gasteiger partial charge in [0.15, 0.2) is 0 Å². The van der Waals surface area contributed by atoms with Crippen LogP contribution in [0.3, 0.4) is 0 Å². The van der Waals surface area contributed by atoms with E-state index in [2.05, 4.69) is 0 Å². The summed E-state index contributed by atoms with van der Waals surface area (Å²) in [6.07, 6.45) is -4.70. The zero-order valence-corrected chi connectivity index (χ0v) is 17.2. The predicted octanol–water partition coefficient (Wildman–Crippen LogP) is 5.24. The van der Waals surface area contributed by atoms with Gasteiger partial charge in [0.1, 0.15) is 5.76 Å². The molecule has 3 aromatic carbocycles. The number of nitro benzene ring substituents is 1. The van der Waals surface area contributed by atoms with E-state index in [1.807, 2.05) is 0 Å². The van der Waals surface area contributed by atoms with Crippen molar-refractivity contribution in [2.45, 2.75) is 12.2 Å². The highest BCUT2D eigenvalue weighted by molar-refractivity contribution is 6.51. The summed E-state index contributed by atoms with van der Waals surface area (Å²) in [6, 6.07) is 15.3. The number of Topliss-reactive ketones (excluding diaryl/α,β-unsaturated/α-hetero) is 1. The van der Waals surface area contributed by atoms with Crippen LogP contribution in [0.5, 0.6) is 0 Å². The third kappa shape index (κ3) is 4.01. The fourth-order valence-electron chi connectivity index (χ4n) is 3.78. The quantitative estimate of drug-likeness (QED) is 0.186. The normalized spacial score (nSPS) is 17.7. The van der Waals surface area contributed by atoms with Crippen LogP contribution in [-0.4, -0.2) is 21.7 Å². The van der Waals surface area contributed by atoms with E-state index in [0.29, 0.717) is 0 Å². The van der Waals surface area contributed by atoms with Crippen molar-refractivity contribution in [1.82, 2.24) is 0 Å². The molecule has 1 aliphatic rings. The molecule has 0 aromatic heterocycles.